The van der Waals surface area contributed by atoms with Crippen LogP contribution in [0.25, 0.3) is 0 Å². The molecule has 0 radical (unpaired) electrons. The van der Waals surface area contributed by atoms with Crippen LogP contribution in [0.4, 0.5) is 0 Å². The lowest BCUT2D eigenvalue weighted by molar-refractivity contribution is -0.121. The van der Waals surface area contributed by atoms with E-state index in [4.69, 9.17) is 29.8 Å². The third kappa shape index (κ3) is 22.0. The van der Waals surface area contributed by atoms with Gasteiger partial charge in [0.05, 0.1) is 42.7 Å². The van der Waals surface area contributed by atoms with Gasteiger partial charge < -0.3 is 50.2 Å². The zero-order valence-corrected chi connectivity index (χ0v) is 48.7. The monoisotopic (exact) mass is 1110 g/mol. The molecule has 0 aromatic heterocycles. The molecule has 77 heavy (non-hydrogen) atoms. The molecule has 22 heteroatoms. The molecule has 0 fully saturated rings. The molecular formula is C55H83N7O13S2. The Balaban J connectivity index is 0.000000438. The standard InChI is InChI=1S/C28H41N3O6S.C14H23N3O4S.C13H19NO3/c1-7-31(8-2)16-17-37-24-13-11-23(12-14-24)26(32)10-9-15-29-27(33)20-30(5)38(34,35)28-21(3)18-25(36-6)19-22(28)4;1-10-7-12(21-4)8-11(2)14(10)22(19,20)17(3)9-13(18)16-6-5-15;1-3-14(4-2)9-10-17-12-7-5-11(6-8-12)13(15)16/h11-14,18-19H,7-10,15-17,20H2,1-6H3,(H,29,33);7-8H,5-6,9,15H2,1-4H3,(H,16,18);5-8H,3-4,9-10H2,1-2H3,(H,15,16). The van der Waals surface area contributed by atoms with Crippen molar-refractivity contribution in [1.29, 1.82) is 0 Å². The van der Waals surface area contributed by atoms with Gasteiger partial charge in [0, 0.05) is 58.8 Å². The summed E-state index contributed by atoms with van der Waals surface area (Å²) in [6.07, 6.45) is 0.709. The van der Waals surface area contributed by atoms with E-state index < -0.39 is 31.9 Å². The first-order chi connectivity index (χ1) is 36.4. The largest absolute Gasteiger partial charge is 0.497 e. The summed E-state index contributed by atoms with van der Waals surface area (Å²) in [5.74, 6) is 0.834. The maximum Gasteiger partial charge on any atom is 0.335 e. The van der Waals surface area contributed by atoms with E-state index in [1.165, 1.54) is 28.3 Å². The van der Waals surface area contributed by atoms with Crippen molar-refractivity contribution in [1.82, 2.24) is 29.0 Å². The van der Waals surface area contributed by atoms with Crippen molar-refractivity contribution >= 4 is 43.6 Å². The topological polar surface area (TPSA) is 257 Å². The number of methoxy groups -OCH3 is 2. The normalized spacial score (nSPS) is 11.3. The van der Waals surface area contributed by atoms with Gasteiger partial charge in [-0.05, 0) is 155 Å². The molecule has 5 N–H and O–H groups in total. The molecule has 0 bridgehead atoms. The number of aryl methyl sites for hydroxylation is 4. The van der Waals surface area contributed by atoms with E-state index in [9.17, 15) is 36.0 Å². The second-order valence-corrected chi connectivity index (χ2v) is 21.8. The van der Waals surface area contributed by atoms with E-state index in [0.29, 0.717) is 77.8 Å². The number of rotatable bonds is 30. The minimum atomic E-state index is -3.87. The highest BCUT2D eigenvalue weighted by molar-refractivity contribution is 7.89. The van der Waals surface area contributed by atoms with Gasteiger partial charge in [-0.15, -0.1) is 0 Å². The molecule has 0 saturated heterocycles. The van der Waals surface area contributed by atoms with Crippen molar-refractivity contribution in [2.45, 2.75) is 78.0 Å². The lowest BCUT2D eigenvalue weighted by atomic mass is 10.1. The molecule has 4 aromatic rings. The van der Waals surface area contributed by atoms with E-state index >= 15 is 0 Å². The molecule has 0 spiro atoms. The van der Waals surface area contributed by atoms with Crippen molar-refractivity contribution in [3.8, 4) is 23.0 Å². The van der Waals surface area contributed by atoms with Crippen LogP contribution >= 0.6 is 0 Å². The van der Waals surface area contributed by atoms with Crippen molar-refractivity contribution in [3.63, 3.8) is 0 Å². The number of aromatic carboxylic acids is 1. The quantitative estimate of drug-likeness (QED) is 0.0369. The number of ether oxygens (including phenoxy) is 4. The zero-order chi connectivity index (χ0) is 57.9. The third-order valence-corrected chi connectivity index (χ3v) is 16.4. The summed E-state index contributed by atoms with van der Waals surface area (Å²) in [4.78, 5) is 52.1. The molecule has 4 aromatic carbocycles. The molecule has 0 heterocycles. The molecule has 0 saturated carbocycles. The van der Waals surface area contributed by atoms with Gasteiger partial charge in [0.2, 0.25) is 31.9 Å². The molecule has 4 rings (SSSR count). The fraction of sp³-hybridized carbons (Fsp3) is 0.491. The Kier molecular flexibility index (Phi) is 29.5. The van der Waals surface area contributed by atoms with Gasteiger partial charge in [0.1, 0.15) is 36.2 Å². The first kappa shape index (κ1) is 67.0. The van der Waals surface area contributed by atoms with Gasteiger partial charge in [-0.3, -0.25) is 14.4 Å². The Bertz CT molecular complexity index is 2670. The minimum absolute atomic E-state index is 0.0286. The summed E-state index contributed by atoms with van der Waals surface area (Å²) in [5.41, 5.74) is 8.40. The molecule has 0 unspecified atom stereocenters. The molecule has 0 atom stereocenters. The molecule has 0 aliphatic heterocycles. The number of carboxylic acids is 1. The highest BCUT2D eigenvalue weighted by Gasteiger charge is 2.28. The Morgan fingerprint density at radius 2 is 0.909 bits per heavy atom. The number of ketones is 1. The van der Waals surface area contributed by atoms with E-state index in [-0.39, 0.29) is 53.1 Å². The predicted octanol–water partition coefficient (Wildman–Crippen LogP) is 5.55. The Hall–Kier alpha value is -6.14. The fourth-order valence-corrected chi connectivity index (χ4v) is 10.9. The molecule has 0 aliphatic rings. The van der Waals surface area contributed by atoms with E-state index in [2.05, 4.69) is 48.1 Å². The van der Waals surface area contributed by atoms with Crippen molar-refractivity contribution in [3.05, 3.63) is 106 Å². The van der Waals surface area contributed by atoms with E-state index in [0.717, 1.165) is 53.6 Å². The van der Waals surface area contributed by atoms with Crippen LogP contribution in [-0.4, -0.2) is 177 Å². The number of benzene rings is 4. The number of sulfonamides is 2. The number of carboxylic acid groups (broad SMARTS) is 1. The average molecular weight is 1110 g/mol. The molecule has 2 amide bonds. The second-order valence-electron chi connectivity index (χ2n) is 17.8. The van der Waals surface area contributed by atoms with Gasteiger partial charge in [0.25, 0.3) is 0 Å². The van der Waals surface area contributed by atoms with Gasteiger partial charge in [0.15, 0.2) is 5.78 Å². The van der Waals surface area contributed by atoms with E-state index in [1.54, 1.807) is 100 Å². The van der Waals surface area contributed by atoms with Crippen LogP contribution in [0.3, 0.4) is 0 Å². The summed E-state index contributed by atoms with van der Waals surface area (Å²) in [7, 11) is -1.83. The lowest BCUT2D eigenvalue weighted by Crippen LogP contribution is -2.40. The predicted molar refractivity (Wildman–Crippen MR) is 300 cm³/mol. The number of hydrogen-bond acceptors (Lipinski definition) is 15. The number of hydrogen-bond donors (Lipinski definition) is 4. The summed E-state index contributed by atoms with van der Waals surface area (Å²) in [6.45, 7) is 22.5. The van der Waals surface area contributed by atoms with E-state index in [1.807, 2.05) is 0 Å². The van der Waals surface area contributed by atoms with Crippen molar-refractivity contribution in [2.24, 2.45) is 5.73 Å². The average Bonchev–Trinajstić information content (AvgIpc) is 3.39. The highest BCUT2D eigenvalue weighted by atomic mass is 32.2. The Morgan fingerprint density at radius 1 is 0.558 bits per heavy atom. The molecule has 0 aliphatic carbocycles. The second kappa shape index (κ2) is 33.9. The van der Waals surface area contributed by atoms with Crippen LogP contribution < -0.4 is 35.3 Å². The van der Waals surface area contributed by atoms with Gasteiger partial charge >= 0.3 is 5.97 Å². The van der Waals surface area contributed by atoms with Crippen LogP contribution in [0.2, 0.25) is 0 Å². The van der Waals surface area contributed by atoms with Crippen molar-refractivity contribution in [2.75, 3.05) is 114 Å². The number of Topliss-reactive ketones (excluding diaryl/α,β-unsaturated/α-hetero) is 1. The van der Waals surface area contributed by atoms with Crippen molar-refractivity contribution < 1.29 is 60.1 Å². The SMILES string of the molecule is CCN(CC)CCOc1ccc(C(=O)CCCNC(=O)CN(C)S(=O)(=O)c2c(C)cc(OC)cc2C)cc1.CCN(CC)CCOc1ccc(C(=O)O)cc1.COc1cc(C)c(S(=O)(=O)N(C)CC(=O)NCCN)c(C)c1. The molecule has 20 nitrogen and oxygen atoms in total. The minimum Gasteiger partial charge on any atom is -0.497 e. The number of amides is 2. The zero-order valence-electron chi connectivity index (χ0n) is 47.1. The van der Waals surface area contributed by atoms with Crippen LogP contribution in [0.15, 0.2) is 82.6 Å². The van der Waals surface area contributed by atoms with Gasteiger partial charge in [-0.25, -0.2) is 21.6 Å². The number of nitrogens with one attached hydrogen (secondary N) is 2. The maximum atomic E-state index is 13.1. The number of likely N-dealkylation sites (N-methyl/N-ethyl adjacent to an activating group) is 4. The highest BCUT2D eigenvalue weighted by Crippen LogP contribution is 2.29. The summed E-state index contributed by atoms with van der Waals surface area (Å²) < 4.78 is 75.2. The summed E-state index contributed by atoms with van der Waals surface area (Å²) in [5, 5.41) is 14.0. The van der Waals surface area contributed by atoms with Crippen LogP contribution in [-0.2, 0) is 29.6 Å². The van der Waals surface area contributed by atoms with Gasteiger partial charge in [-0.2, -0.15) is 8.61 Å². The maximum absolute atomic E-state index is 13.1. The van der Waals surface area contributed by atoms with Crippen LogP contribution in [0.5, 0.6) is 23.0 Å². The third-order valence-electron chi connectivity index (χ3n) is 12.2. The summed E-state index contributed by atoms with van der Waals surface area (Å²) in [6, 6.07) is 20.2. The fourth-order valence-electron chi connectivity index (χ4n) is 7.80. The Morgan fingerprint density at radius 3 is 1.23 bits per heavy atom. The number of nitrogens with two attached hydrogens (primary N) is 1. The molecular weight excluding hydrogens is 1030 g/mol. The van der Waals surface area contributed by atoms with Crippen LogP contribution in [0, 0.1) is 27.7 Å². The Labute approximate surface area is 457 Å². The lowest BCUT2D eigenvalue weighted by Gasteiger charge is -2.20. The summed E-state index contributed by atoms with van der Waals surface area (Å²) >= 11 is 0. The van der Waals surface area contributed by atoms with Gasteiger partial charge in [-0.1, -0.05) is 27.7 Å². The first-order valence-electron chi connectivity index (χ1n) is 25.6. The smallest absolute Gasteiger partial charge is 0.335 e. The molecule has 428 valence electrons. The van der Waals surface area contributed by atoms with Crippen LogP contribution in [0.1, 0.15) is 83.5 Å². The number of carbonyl (C=O) groups excluding carboxylic acids is 3. The number of nitrogens with zero attached hydrogens (tertiary/aromatic N) is 4. The number of carbonyl (C=O) groups is 4. The first-order valence-corrected chi connectivity index (χ1v) is 28.5.